The van der Waals surface area contributed by atoms with E-state index in [-0.39, 0.29) is 23.4 Å². The fourth-order valence-corrected chi connectivity index (χ4v) is 5.89. The van der Waals surface area contributed by atoms with Crippen LogP contribution in [0, 0.1) is 17.8 Å². The molecule has 3 atom stereocenters. The topological polar surface area (TPSA) is 43.4 Å². The van der Waals surface area contributed by atoms with E-state index in [0.717, 1.165) is 62.9 Å². The average Bonchev–Trinajstić information content (AvgIpc) is 2.81. The molecule has 0 aromatic heterocycles. The molecule has 0 bridgehead atoms. The minimum absolute atomic E-state index is 0.134. The van der Waals surface area contributed by atoms with Crippen LogP contribution in [0.15, 0.2) is 24.3 Å². The maximum Gasteiger partial charge on any atom is 0.151 e. The molecule has 2 aliphatic carbocycles. The van der Waals surface area contributed by atoms with Gasteiger partial charge in [-0.2, -0.15) is 0 Å². The van der Waals surface area contributed by atoms with Gasteiger partial charge < -0.3 is 4.74 Å². The highest BCUT2D eigenvalue weighted by Gasteiger charge is 2.40. The normalized spacial score (nSPS) is 23.1. The van der Waals surface area contributed by atoms with Crippen LogP contribution in [0.4, 0.5) is 0 Å². The third kappa shape index (κ3) is 6.93. The first-order valence-electron chi connectivity index (χ1n) is 13.4. The van der Waals surface area contributed by atoms with E-state index in [0.29, 0.717) is 18.3 Å². The van der Waals surface area contributed by atoms with Gasteiger partial charge in [-0.3, -0.25) is 9.59 Å². The number of ether oxygens (including phenoxy) is 1. The molecule has 0 amide bonds. The van der Waals surface area contributed by atoms with E-state index in [2.05, 4.69) is 26.0 Å². The van der Waals surface area contributed by atoms with Gasteiger partial charge in [-0.05, 0) is 61.6 Å². The van der Waals surface area contributed by atoms with Crippen LogP contribution in [0.3, 0.4) is 0 Å². The first-order chi connectivity index (χ1) is 15.6. The van der Waals surface area contributed by atoms with Crippen molar-refractivity contribution in [3.8, 4) is 5.75 Å². The molecule has 3 nitrogen and oxygen atoms in total. The zero-order chi connectivity index (χ0) is 22.8. The Labute approximate surface area is 195 Å². The van der Waals surface area contributed by atoms with Gasteiger partial charge in [0.25, 0.3) is 0 Å². The number of Topliss-reactive ketones (excluding diaryl/α,β-unsaturated/α-hetero) is 2. The summed E-state index contributed by atoms with van der Waals surface area (Å²) in [5.41, 5.74) is 1.09. The number of unbranched alkanes of at least 4 members (excludes halogenated alkanes) is 3. The first kappa shape index (κ1) is 25.0. The lowest BCUT2D eigenvalue weighted by Gasteiger charge is -2.34. The second kappa shape index (κ2) is 13.2. The summed E-state index contributed by atoms with van der Waals surface area (Å²) >= 11 is 0. The number of carbonyl (C=O) groups excluding carboxylic acids is 2. The van der Waals surface area contributed by atoms with E-state index >= 15 is 0 Å². The molecule has 2 aliphatic rings. The number of carbonyl (C=O) groups is 2. The predicted octanol–water partition coefficient (Wildman–Crippen LogP) is 7.66. The molecule has 3 rings (SSSR count). The second-order valence-electron chi connectivity index (χ2n) is 10.2. The summed E-state index contributed by atoms with van der Waals surface area (Å²) in [7, 11) is 0. The van der Waals surface area contributed by atoms with Crippen LogP contribution in [-0.2, 0) is 9.59 Å². The summed E-state index contributed by atoms with van der Waals surface area (Å²) in [5, 5.41) is 0. The summed E-state index contributed by atoms with van der Waals surface area (Å²) in [4.78, 5) is 26.7. The molecule has 1 aromatic rings. The van der Waals surface area contributed by atoms with Crippen molar-refractivity contribution in [3.05, 3.63) is 29.8 Å². The van der Waals surface area contributed by atoms with E-state index in [1.54, 1.807) is 0 Å². The summed E-state index contributed by atoms with van der Waals surface area (Å²) in [6, 6.07) is 8.23. The van der Waals surface area contributed by atoms with Crippen molar-refractivity contribution in [1.82, 2.24) is 0 Å². The molecule has 178 valence electrons. The molecular formula is C29H44O3. The summed E-state index contributed by atoms with van der Waals surface area (Å²) in [5.74, 6) is 1.63. The summed E-state index contributed by atoms with van der Waals surface area (Å²) in [6.07, 6.45) is 15.3. The molecule has 32 heavy (non-hydrogen) atoms. The predicted molar refractivity (Wildman–Crippen MR) is 131 cm³/mol. The van der Waals surface area contributed by atoms with E-state index in [1.807, 2.05) is 12.1 Å². The molecule has 1 aromatic carbocycles. The molecule has 0 spiro atoms. The highest BCUT2D eigenvalue weighted by Crippen LogP contribution is 2.41. The van der Waals surface area contributed by atoms with Gasteiger partial charge in [0.15, 0.2) is 5.78 Å². The summed E-state index contributed by atoms with van der Waals surface area (Å²) < 4.78 is 5.92. The fraction of sp³-hybridized carbons (Fsp3) is 0.724. The van der Waals surface area contributed by atoms with E-state index in [9.17, 15) is 9.59 Å². The van der Waals surface area contributed by atoms with Gasteiger partial charge in [0.05, 0.1) is 12.5 Å². The lowest BCUT2D eigenvalue weighted by atomic mass is 9.68. The van der Waals surface area contributed by atoms with E-state index < -0.39 is 0 Å². The Kier molecular flexibility index (Phi) is 10.3. The molecular weight excluding hydrogens is 396 g/mol. The van der Waals surface area contributed by atoms with Crippen molar-refractivity contribution in [3.63, 3.8) is 0 Å². The van der Waals surface area contributed by atoms with Gasteiger partial charge in [0, 0.05) is 12.3 Å². The highest BCUT2D eigenvalue weighted by atomic mass is 16.5. The molecule has 0 saturated heterocycles. The van der Waals surface area contributed by atoms with Crippen LogP contribution in [-0.4, -0.2) is 18.2 Å². The molecule has 0 aliphatic heterocycles. The van der Waals surface area contributed by atoms with Gasteiger partial charge in [-0.1, -0.05) is 77.3 Å². The van der Waals surface area contributed by atoms with Crippen LogP contribution < -0.4 is 4.74 Å². The smallest absolute Gasteiger partial charge is 0.151 e. The number of hydrogen-bond donors (Lipinski definition) is 0. The average molecular weight is 441 g/mol. The second-order valence-corrected chi connectivity index (χ2v) is 10.2. The van der Waals surface area contributed by atoms with Crippen molar-refractivity contribution in [2.24, 2.45) is 17.8 Å². The first-order valence-corrected chi connectivity index (χ1v) is 13.4. The van der Waals surface area contributed by atoms with Crippen LogP contribution in [0.25, 0.3) is 0 Å². The van der Waals surface area contributed by atoms with Crippen molar-refractivity contribution in [2.45, 2.75) is 110 Å². The van der Waals surface area contributed by atoms with Gasteiger partial charge in [-0.25, -0.2) is 0 Å². The minimum Gasteiger partial charge on any atom is -0.494 e. The zero-order valence-electron chi connectivity index (χ0n) is 20.5. The molecule has 3 heteroatoms. The van der Waals surface area contributed by atoms with Crippen LogP contribution in [0.5, 0.6) is 5.75 Å². The van der Waals surface area contributed by atoms with Crippen LogP contribution in [0.1, 0.15) is 115 Å². The monoisotopic (exact) mass is 440 g/mol. The Balaban J connectivity index is 1.69. The van der Waals surface area contributed by atoms with Crippen molar-refractivity contribution in [2.75, 3.05) is 6.61 Å². The number of hydrogen-bond acceptors (Lipinski definition) is 3. The molecule has 0 radical (unpaired) electrons. The molecule has 2 saturated carbocycles. The maximum atomic E-state index is 13.8. The molecule has 3 unspecified atom stereocenters. The number of benzene rings is 1. The Hall–Kier alpha value is -1.64. The SMILES string of the molecule is CCCCCCOc1ccc(C(C(=O)C2CCC(CCC)CC2=O)C2CCCCC2)cc1. The fourth-order valence-electron chi connectivity index (χ4n) is 5.89. The van der Waals surface area contributed by atoms with Gasteiger partial charge >= 0.3 is 0 Å². The molecule has 2 fully saturated rings. The van der Waals surface area contributed by atoms with Gasteiger partial charge in [-0.15, -0.1) is 0 Å². The van der Waals surface area contributed by atoms with E-state index in [4.69, 9.17) is 4.74 Å². The minimum atomic E-state index is -0.385. The third-order valence-corrected chi connectivity index (χ3v) is 7.72. The third-order valence-electron chi connectivity index (χ3n) is 7.72. The standard InChI is InChI=1S/C29H44O3/c1-3-5-6-10-20-32-25-17-15-24(16-18-25)28(23-12-8-7-9-13-23)29(31)26-19-14-22(11-4-2)21-27(26)30/h15-18,22-23,26,28H,3-14,19-21H2,1-2H3. The largest absolute Gasteiger partial charge is 0.494 e. The summed E-state index contributed by atoms with van der Waals surface area (Å²) in [6.45, 7) is 5.15. The quantitative estimate of drug-likeness (QED) is 0.247. The van der Waals surface area contributed by atoms with Crippen LogP contribution >= 0.6 is 0 Å². The highest BCUT2D eigenvalue weighted by molar-refractivity contribution is 6.05. The van der Waals surface area contributed by atoms with Crippen LogP contribution in [0.2, 0.25) is 0 Å². The number of ketones is 2. The Morgan fingerprint density at radius 1 is 0.938 bits per heavy atom. The molecule has 0 heterocycles. The van der Waals surface area contributed by atoms with Crippen molar-refractivity contribution >= 4 is 11.6 Å². The Morgan fingerprint density at radius 3 is 2.34 bits per heavy atom. The lowest BCUT2D eigenvalue weighted by Crippen LogP contribution is -2.36. The Morgan fingerprint density at radius 2 is 1.69 bits per heavy atom. The van der Waals surface area contributed by atoms with Crippen molar-refractivity contribution < 1.29 is 14.3 Å². The Bertz CT molecular complexity index is 702. The van der Waals surface area contributed by atoms with Gasteiger partial charge in [0.2, 0.25) is 0 Å². The number of rotatable bonds is 12. The van der Waals surface area contributed by atoms with Gasteiger partial charge in [0.1, 0.15) is 11.5 Å². The van der Waals surface area contributed by atoms with E-state index in [1.165, 1.54) is 38.5 Å². The maximum absolute atomic E-state index is 13.8. The lowest BCUT2D eigenvalue weighted by molar-refractivity contribution is -0.137. The molecule has 0 N–H and O–H groups in total. The zero-order valence-corrected chi connectivity index (χ0v) is 20.5. The van der Waals surface area contributed by atoms with Crippen molar-refractivity contribution in [1.29, 1.82) is 0 Å².